The highest BCUT2D eigenvalue weighted by Crippen LogP contribution is 2.40. The predicted octanol–water partition coefficient (Wildman–Crippen LogP) is 8.59. The van der Waals surface area contributed by atoms with Crippen molar-refractivity contribution in [1.29, 1.82) is 0 Å². The average molecular weight is 520 g/mol. The Morgan fingerprint density at radius 3 is 2.33 bits per heavy atom. The Labute approximate surface area is 225 Å². The van der Waals surface area contributed by atoms with Gasteiger partial charge in [-0.3, -0.25) is 9.59 Å². The quantitative estimate of drug-likeness (QED) is 0.332. The minimum atomic E-state index is -0.328. The van der Waals surface area contributed by atoms with Gasteiger partial charge in [-0.05, 0) is 95.4 Å². The van der Waals surface area contributed by atoms with Crippen LogP contribution in [0, 0.1) is 11.3 Å². The molecule has 0 bridgehead atoms. The van der Waals surface area contributed by atoms with E-state index < -0.39 is 0 Å². The molecule has 0 fully saturated rings. The molecule has 0 radical (unpaired) electrons. The number of carbonyl (C=O) groups is 2. The van der Waals surface area contributed by atoms with E-state index in [1.165, 1.54) is 30.0 Å². The van der Waals surface area contributed by atoms with Crippen LogP contribution in [0.3, 0.4) is 0 Å². The first kappa shape index (κ1) is 32.2. The van der Waals surface area contributed by atoms with Gasteiger partial charge >= 0.3 is 5.97 Å². The van der Waals surface area contributed by atoms with E-state index in [2.05, 4.69) is 52.1 Å². The third-order valence-electron chi connectivity index (χ3n) is 7.15. The van der Waals surface area contributed by atoms with Crippen LogP contribution in [0.1, 0.15) is 118 Å². The Hall–Kier alpha value is -1.81. The van der Waals surface area contributed by atoms with Gasteiger partial charge < -0.3 is 10.1 Å². The summed E-state index contributed by atoms with van der Waals surface area (Å²) >= 11 is 6.18. The van der Waals surface area contributed by atoms with Crippen LogP contribution in [0.15, 0.2) is 29.5 Å². The van der Waals surface area contributed by atoms with Gasteiger partial charge in [-0.1, -0.05) is 63.8 Å². The molecule has 0 aromatic heterocycles. The maximum Gasteiger partial charge on any atom is 0.303 e. The number of hydrogen-bond donors (Lipinski definition) is 1. The first-order valence-electron chi connectivity index (χ1n) is 13.7. The molecule has 1 N–H and O–H groups in total. The minimum Gasteiger partial charge on any atom is -0.460 e. The predicted molar refractivity (Wildman–Crippen MR) is 152 cm³/mol. The van der Waals surface area contributed by atoms with Crippen LogP contribution in [0.25, 0.3) is 0 Å². The van der Waals surface area contributed by atoms with Gasteiger partial charge in [0.1, 0.15) is 5.60 Å². The zero-order valence-corrected chi connectivity index (χ0v) is 25.0. The van der Waals surface area contributed by atoms with Gasteiger partial charge in [0.2, 0.25) is 5.91 Å². The molecular weight excluding hydrogens is 470 g/mol. The van der Waals surface area contributed by atoms with Crippen molar-refractivity contribution in [3.05, 3.63) is 45.6 Å². The monoisotopic (exact) mass is 519 g/mol. The van der Waals surface area contributed by atoms with Crippen molar-refractivity contribution in [3.8, 4) is 0 Å². The third kappa shape index (κ3) is 10.7. The summed E-state index contributed by atoms with van der Waals surface area (Å²) < 4.78 is 4.80. The van der Waals surface area contributed by atoms with E-state index in [1.807, 2.05) is 26.8 Å². The zero-order chi connectivity index (χ0) is 27.5. The number of carbonyl (C=O) groups excluding carboxylic acids is 2. The van der Waals surface area contributed by atoms with Crippen molar-refractivity contribution < 1.29 is 14.3 Å². The number of esters is 1. The fourth-order valence-electron chi connectivity index (χ4n) is 4.79. The van der Waals surface area contributed by atoms with Crippen LogP contribution in [-0.2, 0) is 27.2 Å². The first-order chi connectivity index (χ1) is 16.8. The number of hydrogen-bond acceptors (Lipinski definition) is 3. The van der Waals surface area contributed by atoms with Crippen LogP contribution in [0.5, 0.6) is 0 Å². The number of halogens is 1. The molecule has 1 aliphatic heterocycles. The van der Waals surface area contributed by atoms with E-state index in [0.717, 1.165) is 62.1 Å². The summed E-state index contributed by atoms with van der Waals surface area (Å²) in [7, 11) is 0. The van der Waals surface area contributed by atoms with Crippen molar-refractivity contribution in [2.75, 3.05) is 0 Å². The van der Waals surface area contributed by atoms with Crippen LogP contribution < -0.4 is 5.32 Å². The van der Waals surface area contributed by atoms with Gasteiger partial charge in [-0.25, -0.2) is 0 Å². The molecule has 0 saturated heterocycles. The third-order valence-corrected chi connectivity index (χ3v) is 7.38. The summed E-state index contributed by atoms with van der Waals surface area (Å²) in [6, 6.07) is 6.12. The highest BCUT2D eigenvalue weighted by atomic mass is 35.5. The van der Waals surface area contributed by atoms with Gasteiger partial charge in [0, 0.05) is 29.5 Å². The lowest BCUT2D eigenvalue weighted by Crippen LogP contribution is -2.40. The van der Waals surface area contributed by atoms with E-state index in [9.17, 15) is 9.59 Å². The Balaban J connectivity index is 0.000000697. The molecule has 2 atom stereocenters. The molecule has 1 aliphatic rings. The molecule has 5 heteroatoms. The van der Waals surface area contributed by atoms with Gasteiger partial charge in [-0.15, -0.1) is 0 Å². The maximum atomic E-state index is 13.4. The van der Waals surface area contributed by atoms with Crippen molar-refractivity contribution in [3.63, 3.8) is 0 Å². The van der Waals surface area contributed by atoms with Crippen molar-refractivity contribution in [1.82, 2.24) is 5.32 Å². The van der Waals surface area contributed by atoms with E-state index in [0.29, 0.717) is 5.92 Å². The van der Waals surface area contributed by atoms with Gasteiger partial charge in [-0.2, -0.15) is 0 Å². The molecular formula is C31H50ClNO3. The van der Waals surface area contributed by atoms with Crippen molar-refractivity contribution >= 4 is 23.5 Å². The smallest absolute Gasteiger partial charge is 0.303 e. The highest BCUT2D eigenvalue weighted by Gasteiger charge is 2.39. The average Bonchev–Trinajstić information content (AvgIpc) is 2.89. The molecule has 0 saturated carbocycles. The molecule has 2 unspecified atom stereocenters. The maximum absolute atomic E-state index is 13.4. The topological polar surface area (TPSA) is 55.4 Å². The number of ether oxygens (including phenoxy) is 1. The van der Waals surface area contributed by atoms with Crippen molar-refractivity contribution in [2.24, 2.45) is 11.3 Å². The van der Waals surface area contributed by atoms with E-state index in [4.69, 9.17) is 16.3 Å². The molecule has 4 nitrogen and oxygen atoms in total. The number of benzene rings is 1. The molecule has 1 aromatic rings. The second-order valence-electron chi connectivity index (χ2n) is 11.4. The highest BCUT2D eigenvalue weighted by molar-refractivity contribution is 6.30. The lowest BCUT2D eigenvalue weighted by atomic mass is 9.73. The molecule has 0 spiro atoms. The molecule has 0 aliphatic carbocycles. The molecule has 36 heavy (non-hydrogen) atoms. The molecule has 204 valence electrons. The molecule has 1 aromatic carbocycles. The second-order valence-corrected chi connectivity index (χ2v) is 11.9. The Kier molecular flexibility index (Phi) is 13.3. The number of allylic oxidation sites excluding steroid dienone is 2. The van der Waals surface area contributed by atoms with Crippen LogP contribution in [-0.4, -0.2) is 17.5 Å². The van der Waals surface area contributed by atoms with E-state index >= 15 is 0 Å². The largest absolute Gasteiger partial charge is 0.460 e. The lowest BCUT2D eigenvalue weighted by molar-refractivity contribution is -0.151. The normalized spacial score (nSPS) is 19.1. The summed E-state index contributed by atoms with van der Waals surface area (Å²) in [5.41, 5.74) is 4.42. The number of nitrogens with one attached hydrogen (secondary N) is 1. The van der Waals surface area contributed by atoms with Gasteiger partial charge in [0.05, 0.1) is 0 Å². The number of aryl methyl sites for hydroxylation is 1. The van der Waals surface area contributed by atoms with Crippen molar-refractivity contribution in [2.45, 2.75) is 126 Å². The summed E-state index contributed by atoms with van der Waals surface area (Å²) in [5, 5.41) is 4.15. The van der Waals surface area contributed by atoms with E-state index in [-0.39, 0.29) is 22.9 Å². The van der Waals surface area contributed by atoms with Crippen LogP contribution in [0.4, 0.5) is 0 Å². The zero-order valence-electron chi connectivity index (χ0n) is 24.3. The fraction of sp³-hybridized carbons (Fsp3) is 0.677. The van der Waals surface area contributed by atoms with Crippen LogP contribution in [0.2, 0.25) is 5.02 Å². The Morgan fingerprint density at radius 1 is 1.17 bits per heavy atom. The number of amides is 1. The lowest BCUT2D eigenvalue weighted by Gasteiger charge is -2.32. The minimum absolute atomic E-state index is 0.214. The fourth-order valence-corrected chi connectivity index (χ4v) is 4.98. The van der Waals surface area contributed by atoms with Crippen LogP contribution >= 0.6 is 11.6 Å². The molecule has 1 amide bonds. The van der Waals surface area contributed by atoms with E-state index in [1.54, 1.807) is 0 Å². The Morgan fingerprint density at radius 2 is 1.83 bits per heavy atom. The van der Waals surface area contributed by atoms with Gasteiger partial charge in [0.25, 0.3) is 0 Å². The summed E-state index contributed by atoms with van der Waals surface area (Å²) in [5.74, 6) is 0.702. The summed E-state index contributed by atoms with van der Waals surface area (Å²) in [6.45, 7) is 18.0. The Bertz CT molecular complexity index is 900. The number of rotatable bonds is 9. The molecule has 1 heterocycles. The summed E-state index contributed by atoms with van der Waals surface area (Å²) in [6.07, 6.45) is 9.07. The first-order valence-corrected chi connectivity index (χ1v) is 14.1. The standard InChI is InChI=1S/C25H38ClNO.C6H12O2/c1-6-13-25(14-11-18(4)7-2)15-12-19(5)23(27-24(25)28)17-21-9-10-22(26)16-20(21)8-3;1-5(7)8-6(2,3)4/h9-10,16,18H,6-8,11-15,17H2,1-5H3,(H,27,28);1-4H3. The second kappa shape index (κ2) is 14.8. The SMILES string of the molecule is CC(=O)OC(C)(C)C.CCCC1(CCC(C)CC)CCC(C)=C(Cc2ccc(Cl)cc2CC)NC1=O. The molecule has 2 rings (SSSR count). The summed E-state index contributed by atoms with van der Waals surface area (Å²) in [4.78, 5) is 23.7. The van der Waals surface area contributed by atoms with Gasteiger partial charge in [0.15, 0.2) is 0 Å².